The van der Waals surface area contributed by atoms with Crippen molar-refractivity contribution in [1.29, 1.82) is 0 Å². The third-order valence-electron chi connectivity index (χ3n) is 4.62. The number of benzene rings is 1. The maximum Gasteiger partial charge on any atom is 0.319 e. The maximum atomic E-state index is 12.4. The molecule has 1 aliphatic rings. The van der Waals surface area contributed by atoms with Gasteiger partial charge in [0.1, 0.15) is 0 Å². The molecule has 1 fully saturated rings. The summed E-state index contributed by atoms with van der Waals surface area (Å²) >= 11 is 0. The first-order valence-corrected chi connectivity index (χ1v) is 9.46. The minimum atomic E-state index is -0.345. The van der Waals surface area contributed by atoms with Gasteiger partial charge in [-0.2, -0.15) is 0 Å². The van der Waals surface area contributed by atoms with Gasteiger partial charge in [-0.15, -0.1) is 0 Å². The van der Waals surface area contributed by atoms with Gasteiger partial charge in [0, 0.05) is 18.8 Å². The number of ether oxygens (including phenoxy) is 2. The average Bonchev–Trinajstić information content (AvgIpc) is 2.72. The number of aryl methyl sites for hydroxylation is 1. The second-order valence-electron chi connectivity index (χ2n) is 6.70. The number of methoxy groups -OCH3 is 2. The molecule has 1 aromatic carbocycles. The van der Waals surface area contributed by atoms with Gasteiger partial charge in [0.2, 0.25) is 5.95 Å². The van der Waals surface area contributed by atoms with E-state index in [-0.39, 0.29) is 6.03 Å². The molecular formula is C20H27N5O3. The van der Waals surface area contributed by atoms with E-state index in [1.807, 2.05) is 13.0 Å². The average molecular weight is 385 g/mol. The molecule has 1 saturated heterocycles. The Kier molecular flexibility index (Phi) is 6.52. The van der Waals surface area contributed by atoms with Gasteiger partial charge >= 0.3 is 6.03 Å². The molecule has 2 amide bonds. The molecular weight excluding hydrogens is 358 g/mol. The molecule has 0 bridgehead atoms. The van der Waals surface area contributed by atoms with E-state index < -0.39 is 0 Å². The first kappa shape index (κ1) is 19.7. The normalized spacial score (nSPS) is 13.8. The second-order valence-corrected chi connectivity index (χ2v) is 6.70. The first-order chi connectivity index (χ1) is 13.6. The van der Waals surface area contributed by atoms with Crippen molar-refractivity contribution in [3.8, 4) is 11.5 Å². The Labute approximate surface area is 165 Å². The van der Waals surface area contributed by atoms with Crippen LogP contribution < -0.4 is 25.0 Å². The van der Waals surface area contributed by atoms with E-state index in [4.69, 9.17) is 9.47 Å². The minimum absolute atomic E-state index is 0.308. The van der Waals surface area contributed by atoms with Gasteiger partial charge in [0.25, 0.3) is 0 Å². The van der Waals surface area contributed by atoms with Crippen LogP contribution in [0.15, 0.2) is 24.3 Å². The highest BCUT2D eigenvalue weighted by Crippen LogP contribution is 2.34. The van der Waals surface area contributed by atoms with Crippen LogP contribution >= 0.6 is 0 Å². The van der Waals surface area contributed by atoms with Crippen molar-refractivity contribution in [3.63, 3.8) is 0 Å². The van der Waals surface area contributed by atoms with E-state index in [9.17, 15) is 4.79 Å². The monoisotopic (exact) mass is 385 g/mol. The fourth-order valence-electron chi connectivity index (χ4n) is 3.27. The number of urea groups is 1. The van der Waals surface area contributed by atoms with Crippen LogP contribution in [0.2, 0.25) is 0 Å². The van der Waals surface area contributed by atoms with Gasteiger partial charge in [-0.25, -0.2) is 14.8 Å². The number of nitrogens with one attached hydrogen (secondary N) is 2. The molecule has 0 aliphatic carbocycles. The van der Waals surface area contributed by atoms with Crippen LogP contribution in [0.1, 0.15) is 30.7 Å². The summed E-state index contributed by atoms with van der Waals surface area (Å²) in [4.78, 5) is 23.7. The summed E-state index contributed by atoms with van der Waals surface area (Å²) in [5.74, 6) is 1.77. The molecule has 1 aromatic heterocycles. The number of piperidine rings is 1. The topological polar surface area (TPSA) is 88.6 Å². The van der Waals surface area contributed by atoms with E-state index in [1.54, 1.807) is 25.3 Å². The molecule has 2 heterocycles. The summed E-state index contributed by atoms with van der Waals surface area (Å²) in [6, 6.07) is 6.86. The fraction of sp³-hybridized carbons (Fsp3) is 0.450. The number of anilines is 2. The van der Waals surface area contributed by atoms with E-state index in [0.29, 0.717) is 23.7 Å². The summed E-state index contributed by atoms with van der Waals surface area (Å²) < 4.78 is 10.6. The Morgan fingerprint density at radius 2 is 1.93 bits per heavy atom. The molecule has 8 nitrogen and oxygen atoms in total. The predicted octanol–water partition coefficient (Wildman–Crippen LogP) is 3.11. The highest BCUT2D eigenvalue weighted by atomic mass is 16.5. The largest absolute Gasteiger partial charge is 0.493 e. The van der Waals surface area contributed by atoms with Crippen molar-refractivity contribution >= 4 is 17.7 Å². The van der Waals surface area contributed by atoms with Crippen LogP contribution in [0.5, 0.6) is 11.5 Å². The minimum Gasteiger partial charge on any atom is -0.493 e. The number of carbonyl (C=O) groups is 1. The third-order valence-corrected chi connectivity index (χ3v) is 4.62. The molecule has 28 heavy (non-hydrogen) atoms. The van der Waals surface area contributed by atoms with Crippen LogP contribution in [-0.4, -0.2) is 43.3 Å². The van der Waals surface area contributed by atoms with Crippen molar-refractivity contribution in [2.45, 2.75) is 32.7 Å². The van der Waals surface area contributed by atoms with Crippen molar-refractivity contribution < 1.29 is 14.3 Å². The lowest BCUT2D eigenvalue weighted by Crippen LogP contribution is -2.32. The van der Waals surface area contributed by atoms with Crippen molar-refractivity contribution in [3.05, 3.63) is 35.7 Å². The zero-order valence-corrected chi connectivity index (χ0v) is 16.6. The number of aromatic nitrogens is 2. The van der Waals surface area contributed by atoms with E-state index >= 15 is 0 Å². The number of para-hydroxylation sites is 1. The van der Waals surface area contributed by atoms with Crippen LogP contribution in [0.4, 0.5) is 16.4 Å². The zero-order chi connectivity index (χ0) is 19.9. The quantitative estimate of drug-likeness (QED) is 0.794. The number of hydrogen-bond acceptors (Lipinski definition) is 6. The van der Waals surface area contributed by atoms with Gasteiger partial charge in [-0.3, -0.25) is 0 Å². The van der Waals surface area contributed by atoms with Crippen LogP contribution in [0, 0.1) is 6.92 Å². The number of rotatable bonds is 6. The lowest BCUT2D eigenvalue weighted by molar-refractivity contribution is 0.251. The Bertz CT molecular complexity index is 821. The lowest BCUT2D eigenvalue weighted by atomic mass is 10.1. The zero-order valence-electron chi connectivity index (χ0n) is 16.6. The molecule has 0 unspecified atom stereocenters. The smallest absolute Gasteiger partial charge is 0.319 e. The molecule has 1 aliphatic heterocycles. The fourth-order valence-corrected chi connectivity index (χ4v) is 3.27. The molecule has 150 valence electrons. The molecule has 0 atom stereocenters. The van der Waals surface area contributed by atoms with Crippen molar-refractivity contribution in [2.24, 2.45) is 0 Å². The highest BCUT2D eigenvalue weighted by molar-refractivity contribution is 5.91. The van der Waals surface area contributed by atoms with Gasteiger partial charge < -0.3 is 25.0 Å². The number of nitrogens with zero attached hydrogens (tertiary/aromatic N) is 3. The summed E-state index contributed by atoms with van der Waals surface area (Å²) in [6.45, 7) is 4.21. The van der Waals surface area contributed by atoms with Crippen LogP contribution in [0.25, 0.3) is 0 Å². The maximum absolute atomic E-state index is 12.4. The molecule has 3 rings (SSSR count). The van der Waals surface area contributed by atoms with Gasteiger partial charge in [-0.1, -0.05) is 6.07 Å². The predicted molar refractivity (Wildman–Crippen MR) is 108 cm³/mol. The number of amides is 2. The van der Waals surface area contributed by atoms with Gasteiger partial charge in [0.05, 0.1) is 32.1 Å². The third kappa shape index (κ3) is 4.82. The Morgan fingerprint density at radius 1 is 1.14 bits per heavy atom. The molecule has 2 aromatic rings. The second kappa shape index (κ2) is 9.25. The van der Waals surface area contributed by atoms with Crippen molar-refractivity contribution in [1.82, 2.24) is 15.3 Å². The Balaban J connectivity index is 1.64. The summed E-state index contributed by atoms with van der Waals surface area (Å²) in [6.07, 6.45) is 3.58. The summed E-state index contributed by atoms with van der Waals surface area (Å²) in [5.41, 5.74) is 2.20. The Morgan fingerprint density at radius 3 is 2.64 bits per heavy atom. The molecule has 8 heteroatoms. The van der Waals surface area contributed by atoms with Crippen LogP contribution in [0.3, 0.4) is 0 Å². The van der Waals surface area contributed by atoms with Gasteiger partial charge in [-0.05, 0) is 44.4 Å². The summed E-state index contributed by atoms with van der Waals surface area (Å²) in [7, 11) is 3.09. The molecule has 0 spiro atoms. The molecule has 0 saturated carbocycles. The molecule has 0 radical (unpaired) electrons. The SMILES string of the molecule is COc1cccc(NC(=O)NCc2cc(C)nc(N3CCCCC3)n2)c1OC. The first-order valence-electron chi connectivity index (χ1n) is 9.46. The summed E-state index contributed by atoms with van der Waals surface area (Å²) in [5, 5.41) is 5.63. The number of carbonyl (C=O) groups excluding carboxylic acids is 1. The van der Waals surface area contributed by atoms with Crippen LogP contribution in [-0.2, 0) is 6.54 Å². The van der Waals surface area contributed by atoms with Crippen molar-refractivity contribution in [2.75, 3.05) is 37.5 Å². The number of hydrogen-bond donors (Lipinski definition) is 2. The standard InChI is InChI=1S/C20H27N5O3/c1-14-12-15(23-19(22-14)25-10-5-4-6-11-25)13-21-20(26)24-16-8-7-9-17(27-2)18(16)28-3/h7-9,12H,4-6,10-11,13H2,1-3H3,(H2,21,24,26). The van der Waals surface area contributed by atoms with Gasteiger partial charge in [0.15, 0.2) is 11.5 Å². The lowest BCUT2D eigenvalue weighted by Gasteiger charge is -2.27. The highest BCUT2D eigenvalue weighted by Gasteiger charge is 2.15. The van der Waals surface area contributed by atoms with E-state index in [2.05, 4.69) is 25.5 Å². The Hall–Kier alpha value is -3.03. The van der Waals surface area contributed by atoms with E-state index in [1.165, 1.54) is 13.5 Å². The molecule has 2 N–H and O–H groups in total. The van der Waals surface area contributed by atoms with E-state index in [0.717, 1.165) is 43.3 Å².